The highest BCUT2D eigenvalue weighted by atomic mass is 19.1. The number of benzene rings is 2. The zero-order valence-corrected chi connectivity index (χ0v) is 16.7. The lowest BCUT2D eigenvalue weighted by Crippen LogP contribution is -2.28. The molecule has 2 amide bonds. The molecule has 2 heterocycles. The minimum absolute atomic E-state index is 0.288. The van der Waals surface area contributed by atoms with Gasteiger partial charge in [0, 0.05) is 30.5 Å². The topological polar surface area (TPSA) is 97.6 Å². The standard InChI is InChI=1S/C22H20FN5O3/c1-2-28-12-11-18(26-28)21(29)24-16-7-9-17(10-8-16)25-22(30)20-13-19(27-31-20)14-3-5-15(23)6-4-14/h3-12,20H,2,13H2,1H3,(H,24,29)(H,25,30). The second-order valence-corrected chi connectivity index (χ2v) is 6.92. The average molecular weight is 421 g/mol. The van der Waals surface area contributed by atoms with Crippen LogP contribution in [0.3, 0.4) is 0 Å². The first kappa shape index (κ1) is 20.3. The molecule has 31 heavy (non-hydrogen) atoms. The fourth-order valence-corrected chi connectivity index (χ4v) is 3.04. The van der Waals surface area contributed by atoms with Crippen molar-refractivity contribution in [3.63, 3.8) is 0 Å². The molecule has 2 N–H and O–H groups in total. The molecule has 2 aromatic carbocycles. The van der Waals surface area contributed by atoms with E-state index in [1.165, 1.54) is 12.1 Å². The van der Waals surface area contributed by atoms with Crippen LogP contribution in [0.25, 0.3) is 0 Å². The Morgan fingerprint density at radius 3 is 2.39 bits per heavy atom. The molecule has 9 heteroatoms. The van der Waals surface area contributed by atoms with E-state index in [4.69, 9.17) is 4.84 Å². The Kier molecular flexibility index (Phi) is 5.74. The fourth-order valence-electron chi connectivity index (χ4n) is 3.04. The number of nitrogens with one attached hydrogen (secondary N) is 2. The number of carbonyl (C=O) groups is 2. The van der Waals surface area contributed by atoms with E-state index >= 15 is 0 Å². The largest absolute Gasteiger partial charge is 0.382 e. The fraction of sp³-hybridized carbons (Fsp3) is 0.182. The summed E-state index contributed by atoms with van der Waals surface area (Å²) in [6, 6.07) is 14.2. The number of oxime groups is 1. The molecule has 0 fully saturated rings. The third-order valence-electron chi connectivity index (χ3n) is 4.75. The Morgan fingerprint density at radius 2 is 1.74 bits per heavy atom. The first-order valence-electron chi connectivity index (χ1n) is 9.76. The number of carbonyl (C=O) groups excluding carboxylic acids is 2. The predicted octanol–water partition coefficient (Wildman–Crippen LogP) is 3.43. The summed E-state index contributed by atoms with van der Waals surface area (Å²) >= 11 is 0. The molecule has 0 saturated heterocycles. The Bertz CT molecular complexity index is 1120. The predicted molar refractivity (Wildman–Crippen MR) is 113 cm³/mol. The third kappa shape index (κ3) is 4.77. The van der Waals surface area contributed by atoms with Gasteiger partial charge in [0.2, 0.25) is 6.10 Å². The van der Waals surface area contributed by atoms with Gasteiger partial charge in [-0.2, -0.15) is 5.10 Å². The minimum atomic E-state index is -0.770. The summed E-state index contributed by atoms with van der Waals surface area (Å²) in [6.45, 7) is 2.62. The van der Waals surface area contributed by atoms with Crippen molar-refractivity contribution in [3.8, 4) is 0 Å². The zero-order chi connectivity index (χ0) is 21.8. The molecule has 1 unspecified atom stereocenters. The molecule has 0 aliphatic carbocycles. The highest BCUT2D eigenvalue weighted by Gasteiger charge is 2.29. The van der Waals surface area contributed by atoms with E-state index in [-0.39, 0.29) is 24.1 Å². The maximum absolute atomic E-state index is 13.1. The van der Waals surface area contributed by atoms with Crippen LogP contribution in [-0.4, -0.2) is 33.4 Å². The van der Waals surface area contributed by atoms with E-state index in [1.807, 2.05) is 6.92 Å². The van der Waals surface area contributed by atoms with Gasteiger partial charge in [-0.15, -0.1) is 0 Å². The number of hydrogen-bond donors (Lipinski definition) is 2. The van der Waals surface area contributed by atoms with Gasteiger partial charge in [0.15, 0.2) is 5.69 Å². The van der Waals surface area contributed by atoms with Gasteiger partial charge in [0.1, 0.15) is 5.82 Å². The lowest BCUT2D eigenvalue weighted by molar-refractivity contribution is -0.125. The number of nitrogens with zero attached hydrogens (tertiary/aromatic N) is 3. The van der Waals surface area contributed by atoms with E-state index in [2.05, 4.69) is 20.9 Å². The van der Waals surface area contributed by atoms with Crippen molar-refractivity contribution in [3.05, 3.63) is 77.9 Å². The average Bonchev–Trinajstić information content (AvgIpc) is 3.46. The quantitative estimate of drug-likeness (QED) is 0.637. The van der Waals surface area contributed by atoms with Gasteiger partial charge in [-0.1, -0.05) is 17.3 Å². The van der Waals surface area contributed by atoms with Crippen LogP contribution >= 0.6 is 0 Å². The van der Waals surface area contributed by atoms with E-state index in [1.54, 1.807) is 53.3 Å². The first-order valence-corrected chi connectivity index (χ1v) is 9.76. The van der Waals surface area contributed by atoms with Crippen molar-refractivity contribution in [1.82, 2.24) is 9.78 Å². The molecule has 0 saturated carbocycles. The van der Waals surface area contributed by atoms with Crippen molar-refractivity contribution in [2.75, 3.05) is 10.6 Å². The molecule has 3 aromatic rings. The number of hydrogen-bond acceptors (Lipinski definition) is 5. The van der Waals surface area contributed by atoms with Crippen LogP contribution in [0, 0.1) is 5.82 Å². The number of aryl methyl sites for hydroxylation is 1. The second kappa shape index (κ2) is 8.78. The number of aromatic nitrogens is 2. The van der Waals surface area contributed by atoms with Crippen LogP contribution in [0.15, 0.2) is 65.9 Å². The minimum Gasteiger partial charge on any atom is -0.382 e. The van der Waals surface area contributed by atoms with E-state index in [0.29, 0.717) is 34.9 Å². The molecule has 1 aliphatic heterocycles. The van der Waals surface area contributed by atoms with Crippen LogP contribution in [0.1, 0.15) is 29.4 Å². The van der Waals surface area contributed by atoms with E-state index < -0.39 is 6.10 Å². The smallest absolute Gasteiger partial charge is 0.276 e. The molecule has 1 aliphatic rings. The van der Waals surface area contributed by atoms with Crippen molar-refractivity contribution in [2.45, 2.75) is 26.0 Å². The normalized spacial score (nSPS) is 15.2. The maximum Gasteiger partial charge on any atom is 0.276 e. The Morgan fingerprint density at radius 1 is 1.06 bits per heavy atom. The SMILES string of the molecule is CCn1ccc(C(=O)Nc2ccc(NC(=O)C3CC(c4ccc(F)cc4)=NO3)cc2)n1. The second-order valence-electron chi connectivity index (χ2n) is 6.92. The van der Waals surface area contributed by atoms with Gasteiger partial charge in [-0.3, -0.25) is 14.3 Å². The van der Waals surface area contributed by atoms with Crippen LogP contribution in [0.2, 0.25) is 0 Å². The highest BCUT2D eigenvalue weighted by Crippen LogP contribution is 2.20. The molecule has 8 nitrogen and oxygen atoms in total. The monoisotopic (exact) mass is 421 g/mol. The number of halogens is 1. The van der Waals surface area contributed by atoms with Gasteiger partial charge < -0.3 is 15.5 Å². The van der Waals surface area contributed by atoms with Crippen LogP contribution < -0.4 is 10.6 Å². The summed E-state index contributed by atoms with van der Waals surface area (Å²) in [7, 11) is 0. The summed E-state index contributed by atoms with van der Waals surface area (Å²) in [5.74, 6) is -0.996. The lowest BCUT2D eigenvalue weighted by atomic mass is 10.0. The molecule has 0 radical (unpaired) electrons. The van der Waals surface area contributed by atoms with Crippen LogP contribution in [0.5, 0.6) is 0 Å². The number of rotatable bonds is 6. The van der Waals surface area contributed by atoms with Crippen LogP contribution in [-0.2, 0) is 16.2 Å². The highest BCUT2D eigenvalue weighted by molar-refractivity contribution is 6.06. The molecular weight excluding hydrogens is 401 g/mol. The summed E-state index contributed by atoms with van der Waals surface area (Å²) in [6.07, 6.45) is 1.26. The van der Waals surface area contributed by atoms with Crippen molar-refractivity contribution < 1.29 is 18.8 Å². The van der Waals surface area contributed by atoms with E-state index in [9.17, 15) is 14.0 Å². The summed E-state index contributed by atoms with van der Waals surface area (Å²) < 4.78 is 14.7. The lowest BCUT2D eigenvalue weighted by Gasteiger charge is -2.10. The molecule has 0 bridgehead atoms. The van der Waals surface area contributed by atoms with Gasteiger partial charge in [-0.25, -0.2) is 4.39 Å². The van der Waals surface area contributed by atoms with Gasteiger partial charge in [-0.05, 0) is 55.0 Å². The molecule has 4 rings (SSSR count). The zero-order valence-electron chi connectivity index (χ0n) is 16.7. The Labute approximate surface area is 177 Å². The first-order chi connectivity index (χ1) is 15.0. The maximum atomic E-state index is 13.1. The number of anilines is 2. The summed E-state index contributed by atoms with van der Waals surface area (Å²) in [5, 5.41) is 13.6. The Hall–Kier alpha value is -4.01. The van der Waals surface area contributed by atoms with Crippen molar-refractivity contribution >= 4 is 28.9 Å². The van der Waals surface area contributed by atoms with E-state index in [0.717, 1.165) is 0 Å². The summed E-state index contributed by atoms with van der Waals surface area (Å²) in [5.41, 5.74) is 2.75. The summed E-state index contributed by atoms with van der Waals surface area (Å²) in [4.78, 5) is 30.0. The van der Waals surface area contributed by atoms with Gasteiger partial charge >= 0.3 is 0 Å². The van der Waals surface area contributed by atoms with Gasteiger partial charge in [0.25, 0.3) is 11.8 Å². The third-order valence-corrected chi connectivity index (χ3v) is 4.75. The molecule has 0 spiro atoms. The molecule has 1 aromatic heterocycles. The van der Waals surface area contributed by atoms with Crippen molar-refractivity contribution in [1.29, 1.82) is 0 Å². The molecule has 1 atom stereocenters. The molecule has 158 valence electrons. The molecular formula is C22H20FN5O3. The van der Waals surface area contributed by atoms with Gasteiger partial charge in [0.05, 0.1) is 5.71 Å². The van der Waals surface area contributed by atoms with Crippen LogP contribution in [0.4, 0.5) is 15.8 Å². The number of amides is 2. The Balaban J connectivity index is 1.31. The van der Waals surface area contributed by atoms with Crippen molar-refractivity contribution in [2.24, 2.45) is 5.16 Å².